The quantitative estimate of drug-likeness (QED) is 0.0391. The van der Waals surface area contributed by atoms with Crippen molar-refractivity contribution in [2.45, 2.75) is 219 Å². The molecule has 0 amide bonds. The van der Waals surface area contributed by atoms with Crippen molar-refractivity contribution in [1.29, 1.82) is 0 Å². The van der Waals surface area contributed by atoms with Crippen LogP contribution < -0.4 is 11.1 Å². The lowest BCUT2D eigenvalue weighted by Gasteiger charge is -2.04. The van der Waals surface area contributed by atoms with Gasteiger partial charge in [-0.25, -0.2) is 0 Å². The number of hydrogen-bond donors (Lipinski definition) is 3. The average Bonchev–Trinajstić information content (AvgIpc) is 2.97. The minimum atomic E-state index is 0.626. The summed E-state index contributed by atoms with van der Waals surface area (Å²) in [7, 11) is 0. The number of thiocarbonyl (C=S) groups is 1. The third kappa shape index (κ3) is 47.3. The first kappa shape index (κ1) is 43.3. The van der Waals surface area contributed by atoms with Gasteiger partial charge in [-0.15, -0.1) is 12.6 Å². The summed E-state index contributed by atoms with van der Waals surface area (Å²) >= 11 is 8.91. The Balaban J connectivity index is 0. The molecule has 4 heteroatoms. The van der Waals surface area contributed by atoms with Crippen LogP contribution in [-0.2, 0) is 0 Å². The standard InChI is InChI=1S/C19H39NS2.C18H39N/c1-2-3-4-5-6-7-8-9-10-11-12-13-14-15-16-17-18-20-19(21)22;1-2-3-4-5-6-7-8-9-10-11-12-13-14-15-16-17-18-19/h2-18H2,1H3,(H2,20,21,22);2-19H2,1H3. The van der Waals surface area contributed by atoms with Crippen LogP contribution in [0.25, 0.3) is 0 Å². The van der Waals surface area contributed by atoms with Crippen LogP contribution >= 0.6 is 24.8 Å². The predicted molar refractivity (Wildman–Crippen MR) is 198 cm³/mol. The molecule has 0 aliphatic rings. The fourth-order valence-corrected chi connectivity index (χ4v) is 5.77. The van der Waals surface area contributed by atoms with Crippen molar-refractivity contribution in [3.8, 4) is 0 Å². The second-order valence-electron chi connectivity index (χ2n) is 12.6. The van der Waals surface area contributed by atoms with Crippen LogP contribution in [0.3, 0.4) is 0 Å². The number of thiol groups is 1. The smallest absolute Gasteiger partial charge is 0.130 e. The summed E-state index contributed by atoms with van der Waals surface area (Å²) in [5.74, 6) is 0. The van der Waals surface area contributed by atoms with E-state index >= 15 is 0 Å². The summed E-state index contributed by atoms with van der Waals surface area (Å²) in [5.41, 5.74) is 5.48. The Bertz CT molecular complexity index is 442. The number of unbranched alkanes of at least 4 members (excludes halogenated alkanes) is 30. The maximum absolute atomic E-state index is 5.48. The van der Waals surface area contributed by atoms with Crippen LogP contribution in [0.5, 0.6) is 0 Å². The molecule has 0 rings (SSSR count). The largest absolute Gasteiger partial charge is 0.371 e. The fourth-order valence-electron chi connectivity index (χ4n) is 5.56. The Labute approximate surface area is 271 Å². The minimum absolute atomic E-state index is 0.626. The van der Waals surface area contributed by atoms with Gasteiger partial charge in [0.05, 0.1) is 0 Å². The summed E-state index contributed by atoms with van der Waals surface area (Å²) < 4.78 is 0.626. The van der Waals surface area contributed by atoms with Crippen LogP contribution in [0.4, 0.5) is 0 Å². The van der Waals surface area contributed by atoms with Crippen LogP contribution in [0.2, 0.25) is 0 Å². The molecule has 0 radical (unpaired) electrons. The number of rotatable bonds is 33. The van der Waals surface area contributed by atoms with Crippen LogP contribution in [0.15, 0.2) is 0 Å². The van der Waals surface area contributed by atoms with Gasteiger partial charge < -0.3 is 11.1 Å². The van der Waals surface area contributed by atoms with Crippen LogP contribution in [0, 0.1) is 0 Å². The first-order valence-electron chi connectivity index (χ1n) is 18.9. The normalized spacial score (nSPS) is 10.9. The van der Waals surface area contributed by atoms with E-state index in [-0.39, 0.29) is 0 Å². The van der Waals surface area contributed by atoms with E-state index in [0.29, 0.717) is 4.32 Å². The summed E-state index contributed by atoms with van der Waals surface area (Å²) in [4.78, 5) is 0. The van der Waals surface area contributed by atoms with Gasteiger partial charge in [0, 0.05) is 6.54 Å². The Morgan fingerprint density at radius 3 is 0.854 bits per heavy atom. The SMILES string of the molecule is CCCCCCCCCCCCCCCCCCN.CCCCCCCCCCCCCCCCCCNC(=S)S. The molecule has 0 atom stereocenters. The Morgan fingerprint density at radius 2 is 0.634 bits per heavy atom. The molecule has 0 saturated carbocycles. The van der Waals surface area contributed by atoms with Crippen molar-refractivity contribution < 1.29 is 0 Å². The number of nitrogens with two attached hydrogens (primary N) is 1. The van der Waals surface area contributed by atoms with Crippen LogP contribution in [-0.4, -0.2) is 17.4 Å². The summed E-state index contributed by atoms with van der Waals surface area (Å²) in [6, 6.07) is 0. The van der Waals surface area contributed by atoms with E-state index in [1.165, 1.54) is 205 Å². The summed E-state index contributed by atoms with van der Waals surface area (Å²) in [6.45, 7) is 6.44. The molecule has 248 valence electrons. The zero-order valence-corrected chi connectivity index (χ0v) is 30.2. The first-order valence-corrected chi connectivity index (χ1v) is 19.7. The molecule has 2 nitrogen and oxygen atoms in total. The van der Waals surface area contributed by atoms with Crippen molar-refractivity contribution in [1.82, 2.24) is 5.32 Å². The molecule has 0 fully saturated rings. The molecule has 0 aromatic carbocycles. The second-order valence-corrected chi connectivity index (χ2v) is 13.8. The maximum Gasteiger partial charge on any atom is 0.130 e. The third-order valence-corrected chi connectivity index (χ3v) is 8.67. The van der Waals surface area contributed by atoms with E-state index in [1.54, 1.807) is 0 Å². The zero-order valence-electron chi connectivity index (χ0n) is 28.5. The second kappa shape index (κ2) is 42.3. The van der Waals surface area contributed by atoms with E-state index in [0.717, 1.165) is 13.1 Å². The molecule has 41 heavy (non-hydrogen) atoms. The number of hydrogen-bond acceptors (Lipinski definition) is 2. The van der Waals surface area contributed by atoms with Gasteiger partial charge in [0.25, 0.3) is 0 Å². The van der Waals surface area contributed by atoms with Crippen molar-refractivity contribution in [2.75, 3.05) is 13.1 Å². The van der Waals surface area contributed by atoms with E-state index in [9.17, 15) is 0 Å². The lowest BCUT2D eigenvalue weighted by atomic mass is 10.0. The third-order valence-electron chi connectivity index (χ3n) is 8.36. The molecule has 0 aromatic heterocycles. The van der Waals surface area contributed by atoms with Gasteiger partial charge in [-0.1, -0.05) is 219 Å². The Hall–Kier alpha value is 0.200. The van der Waals surface area contributed by atoms with Crippen molar-refractivity contribution in [3.63, 3.8) is 0 Å². The predicted octanol–water partition coefficient (Wildman–Crippen LogP) is 13.3. The topological polar surface area (TPSA) is 38.0 Å². The van der Waals surface area contributed by atoms with E-state index < -0.39 is 0 Å². The van der Waals surface area contributed by atoms with Gasteiger partial charge in [0.1, 0.15) is 4.32 Å². The van der Waals surface area contributed by atoms with E-state index in [4.69, 9.17) is 18.0 Å². The maximum atomic E-state index is 5.48. The number of nitrogens with one attached hydrogen (secondary N) is 1. The molecule has 0 aliphatic carbocycles. The van der Waals surface area contributed by atoms with Crippen molar-refractivity contribution >= 4 is 29.2 Å². The van der Waals surface area contributed by atoms with Gasteiger partial charge >= 0.3 is 0 Å². The zero-order chi connectivity index (χ0) is 30.3. The van der Waals surface area contributed by atoms with Crippen molar-refractivity contribution in [2.24, 2.45) is 5.73 Å². The van der Waals surface area contributed by atoms with E-state index in [2.05, 4.69) is 31.8 Å². The highest BCUT2D eigenvalue weighted by atomic mass is 32.1. The summed E-state index contributed by atoms with van der Waals surface area (Å²) in [6.07, 6.45) is 45.5. The molecule has 0 aromatic rings. The molecule has 3 N–H and O–H groups in total. The van der Waals surface area contributed by atoms with Gasteiger partial charge in [-0.3, -0.25) is 0 Å². The molecular formula is C37H78N2S2. The average molecular weight is 615 g/mol. The van der Waals surface area contributed by atoms with Crippen molar-refractivity contribution in [3.05, 3.63) is 0 Å². The summed E-state index contributed by atoms with van der Waals surface area (Å²) in [5, 5.41) is 3.09. The molecule has 0 bridgehead atoms. The Kier molecular flexibility index (Phi) is 44.7. The van der Waals surface area contributed by atoms with Gasteiger partial charge in [-0.2, -0.15) is 0 Å². The molecule has 0 aliphatic heterocycles. The molecule has 0 heterocycles. The Morgan fingerprint density at radius 1 is 0.415 bits per heavy atom. The molecule has 0 unspecified atom stereocenters. The highest BCUT2D eigenvalue weighted by Gasteiger charge is 1.96. The highest BCUT2D eigenvalue weighted by molar-refractivity contribution is 8.11. The van der Waals surface area contributed by atoms with E-state index in [1.807, 2.05) is 0 Å². The molecular weight excluding hydrogens is 537 g/mol. The minimum Gasteiger partial charge on any atom is -0.371 e. The fraction of sp³-hybridized carbons (Fsp3) is 0.973. The van der Waals surface area contributed by atoms with Crippen LogP contribution in [0.1, 0.15) is 219 Å². The lowest BCUT2D eigenvalue weighted by molar-refractivity contribution is 0.529. The first-order chi connectivity index (χ1) is 20.2. The highest BCUT2D eigenvalue weighted by Crippen LogP contribution is 2.15. The molecule has 0 spiro atoms. The van der Waals surface area contributed by atoms with Gasteiger partial charge in [0.15, 0.2) is 0 Å². The molecule has 0 saturated heterocycles. The van der Waals surface area contributed by atoms with Gasteiger partial charge in [0.2, 0.25) is 0 Å². The lowest BCUT2D eigenvalue weighted by Crippen LogP contribution is -2.17. The monoisotopic (exact) mass is 615 g/mol. The van der Waals surface area contributed by atoms with Gasteiger partial charge in [-0.05, 0) is 19.4 Å².